The lowest BCUT2D eigenvalue weighted by Crippen LogP contribution is -2.32. The first kappa shape index (κ1) is 19.9. The Balaban J connectivity index is 1.44. The Labute approximate surface area is 184 Å². The molecule has 0 saturated carbocycles. The number of anilines is 2. The average Bonchev–Trinajstić information content (AvgIpc) is 3.15. The second kappa shape index (κ2) is 8.98. The molecule has 1 aromatic carbocycles. The number of amides is 1. The summed E-state index contributed by atoms with van der Waals surface area (Å²) >= 11 is 8.48. The van der Waals surface area contributed by atoms with Gasteiger partial charge in [0.25, 0.3) is 0 Å². The summed E-state index contributed by atoms with van der Waals surface area (Å²) in [6, 6.07) is 5.76. The minimum Gasteiger partial charge on any atom is -0.346 e. The van der Waals surface area contributed by atoms with Gasteiger partial charge in [-0.1, -0.05) is 39.0 Å². The zero-order valence-corrected chi connectivity index (χ0v) is 19.2. The summed E-state index contributed by atoms with van der Waals surface area (Å²) in [7, 11) is 0. The maximum atomic E-state index is 12.4. The van der Waals surface area contributed by atoms with Crippen molar-refractivity contribution < 1.29 is 4.79 Å². The fourth-order valence-corrected chi connectivity index (χ4v) is 5.86. The third-order valence-corrected chi connectivity index (χ3v) is 8.27. The first-order valence-electron chi connectivity index (χ1n) is 8.73. The van der Waals surface area contributed by atoms with E-state index in [4.69, 9.17) is 0 Å². The number of nitrogens with zero attached hydrogens (tertiary/aromatic N) is 4. The number of nitrogens with one attached hydrogen (secondary N) is 1. The van der Waals surface area contributed by atoms with E-state index in [1.165, 1.54) is 18.1 Å². The number of thiazole rings is 1. The smallest absolute Gasteiger partial charge is 0.234 e. The number of hydrogen-bond acceptors (Lipinski definition) is 8. The normalized spacial score (nSPS) is 14.4. The molecular weight excluding hydrogens is 478 g/mol. The first-order chi connectivity index (χ1) is 13.6. The molecule has 28 heavy (non-hydrogen) atoms. The van der Waals surface area contributed by atoms with Crippen LogP contribution in [-0.2, 0) is 4.79 Å². The molecular formula is C18H18BrN5OS3. The van der Waals surface area contributed by atoms with Crippen LogP contribution in [0.3, 0.4) is 0 Å². The molecule has 0 aliphatic carbocycles. The molecule has 0 bridgehead atoms. The van der Waals surface area contributed by atoms with E-state index < -0.39 is 0 Å². The number of hydrogen-bond donors (Lipinski definition) is 1. The molecule has 10 heteroatoms. The molecule has 1 N–H and O–H groups in total. The highest BCUT2D eigenvalue weighted by molar-refractivity contribution is 9.10. The summed E-state index contributed by atoms with van der Waals surface area (Å²) in [4.78, 5) is 28.0. The van der Waals surface area contributed by atoms with E-state index >= 15 is 0 Å². The summed E-state index contributed by atoms with van der Waals surface area (Å²) in [5.41, 5.74) is 2.58. The molecule has 1 saturated heterocycles. The van der Waals surface area contributed by atoms with Gasteiger partial charge in [-0.15, -0.1) is 0 Å². The van der Waals surface area contributed by atoms with Gasteiger partial charge in [-0.05, 0) is 30.7 Å². The van der Waals surface area contributed by atoms with E-state index in [9.17, 15) is 4.79 Å². The van der Waals surface area contributed by atoms with Crippen LogP contribution >= 0.6 is 50.8 Å². The summed E-state index contributed by atoms with van der Waals surface area (Å²) < 4.78 is 1.98. The molecule has 0 atom stereocenters. The number of aryl methyl sites for hydroxylation is 1. The molecule has 2 aromatic heterocycles. The van der Waals surface area contributed by atoms with Gasteiger partial charge < -0.3 is 10.2 Å². The number of thioether (sulfide) groups is 2. The quantitative estimate of drug-likeness (QED) is 0.414. The fourth-order valence-electron chi connectivity index (χ4n) is 2.77. The number of benzene rings is 1. The third kappa shape index (κ3) is 4.61. The van der Waals surface area contributed by atoms with Gasteiger partial charge in [0.05, 0.1) is 5.75 Å². The van der Waals surface area contributed by atoms with Crippen molar-refractivity contribution in [1.82, 2.24) is 15.0 Å². The standard InChI is InChI=1S/C18H18BrN5OS3/c1-11-8-12(2-3-13(11)19)22-14(25)9-27-17-15-16(20-10-21-17)23-18(28-15)24-4-6-26-7-5-24/h2-3,8,10H,4-7,9H2,1H3,(H,22,25). The predicted octanol–water partition coefficient (Wildman–Crippen LogP) is 4.44. The Kier molecular flexibility index (Phi) is 6.39. The zero-order valence-electron chi connectivity index (χ0n) is 15.1. The molecule has 3 aromatic rings. The second-order valence-corrected chi connectivity index (χ2v) is 10.2. The van der Waals surface area contributed by atoms with Crippen molar-refractivity contribution in [2.24, 2.45) is 0 Å². The van der Waals surface area contributed by atoms with Gasteiger partial charge in [-0.3, -0.25) is 4.79 Å². The molecule has 1 amide bonds. The van der Waals surface area contributed by atoms with Gasteiger partial charge in [0.1, 0.15) is 16.1 Å². The molecule has 4 rings (SSSR count). The van der Waals surface area contributed by atoms with Crippen LogP contribution in [0.4, 0.5) is 10.8 Å². The number of aromatic nitrogens is 3. The fraction of sp³-hybridized carbons (Fsp3) is 0.333. The number of fused-ring (bicyclic) bond motifs is 1. The Bertz CT molecular complexity index is 1010. The third-order valence-electron chi connectivity index (χ3n) is 4.21. The molecule has 0 unspecified atom stereocenters. The van der Waals surface area contributed by atoms with Crippen LogP contribution in [0.1, 0.15) is 5.56 Å². The molecule has 0 spiro atoms. The monoisotopic (exact) mass is 495 g/mol. The van der Waals surface area contributed by atoms with E-state index in [2.05, 4.69) is 41.1 Å². The Hall–Kier alpha value is -1.36. The predicted molar refractivity (Wildman–Crippen MR) is 123 cm³/mol. The van der Waals surface area contributed by atoms with E-state index in [1.54, 1.807) is 11.3 Å². The Morgan fingerprint density at radius 2 is 2.14 bits per heavy atom. The van der Waals surface area contributed by atoms with Crippen molar-refractivity contribution in [3.05, 3.63) is 34.6 Å². The van der Waals surface area contributed by atoms with Crippen molar-refractivity contribution in [3.8, 4) is 0 Å². The van der Waals surface area contributed by atoms with Crippen molar-refractivity contribution in [1.29, 1.82) is 0 Å². The number of carbonyl (C=O) groups excluding carboxylic acids is 1. The summed E-state index contributed by atoms with van der Waals surface area (Å²) in [6.07, 6.45) is 1.52. The molecule has 0 radical (unpaired) electrons. The maximum Gasteiger partial charge on any atom is 0.234 e. The molecule has 6 nitrogen and oxygen atoms in total. The second-order valence-electron chi connectivity index (χ2n) is 6.23. The lowest BCUT2D eigenvalue weighted by atomic mass is 10.2. The average molecular weight is 496 g/mol. The van der Waals surface area contributed by atoms with Crippen molar-refractivity contribution in [2.75, 3.05) is 40.6 Å². The van der Waals surface area contributed by atoms with Crippen molar-refractivity contribution in [3.63, 3.8) is 0 Å². The van der Waals surface area contributed by atoms with Crippen molar-refractivity contribution in [2.45, 2.75) is 11.9 Å². The van der Waals surface area contributed by atoms with Crippen LogP contribution in [0, 0.1) is 6.92 Å². The van der Waals surface area contributed by atoms with Gasteiger partial charge in [0.2, 0.25) is 5.91 Å². The van der Waals surface area contributed by atoms with Crippen LogP contribution in [0.25, 0.3) is 10.3 Å². The zero-order chi connectivity index (χ0) is 19.5. The highest BCUT2D eigenvalue weighted by Gasteiger charge is 2.18. The topological polar surface area (TPSA) is 71.0 Å². The molecule has 146 valence electrons. The minimum atomic E-state index is -0.0590. The lowest BCUT2D eigenvalue weighted by Gasteiger charge is -2.25. The lowest BCUT2D eigenvalue weighted by molar-refractivity contribution is -0.113. The Morgan fingerprint density at radius 1 is 1.32 bits per heavy atom. The van der Waals surface area contributed by atoms with E-state index in [0.717, 1.165) is 55.2 Å². The minimum absolute atomic E-state index is 0.0590. The highest BCUT2D eigenvalue weighted by atomic mass is 79.9. The van der Waals surface area contributed by atoms with Crippen LogP contribution in [0.2, 0.25) is 0 Å². The molecule has 1 fully saturated rings. The van der Waals surface area contributed by atoms with E-state index in [0.29, 0.717) is 5.65 Å². The molecule has 3 heterocycles. The molecule has 1 aliphatic rings. The number of rotatable bonds is 5. The van der Waals surface area contributed by atoms with Crippen LogP contribution in [-0.4, -0.2) is 51.2 Å². The van der Waals surface area contributed by atoms with Crippen LogP contribution in [0.15, 0.2) is 34.0 Å². The number of carbonyl (C=O) groups is 1. The van der Waals surface area contributed by atoms with Gasteiger partial charge in [0.15, 0.2) is 10.8 Å². The summed E-state index contributed by atoms with van der Waals surface area (Å²) in [5, 5.41) is 4.74. The van der Waals surface area contributed by atoms with E-state index in [-0.39, 0.29) is 11.7 Å². The van der Waals surface area contributed by atoms with Crippen molar-refractivity contribution >= 4 is 77.9 Å². The van der Waals surface area contributed by atoms with Gasteiger partial charge in [0, 0.05) is 34.8 Å². The van der Waals surface area contributed by atoms with Crippen LogP contribution in [0.5, 0.6) is 0 Å². The SMILES string of the molecule is Cc1cc(NC(=O)CSc2ncnc3nc(N4CCSCC4)sc23)ccc1Br. The largest absolute Gasteiger partial charge is 0.346 e. The van der Waals surface area contributed by atoms with Gasteiger partial charge in [-0.25, -0.2) is 9.97 Å². The van der Waals surface area contributed by atoms with Crippen LogP contribution < -0.4 is 10.2 Å². The number of halogens is 1. The molecule has 1 aliphatic heterocycles. The summed E-state index contributed by atoms with van der Waals surface area (Å²) in [5.74, 6) is 2.48. The van der Waals surface area contributed by atoms with Gasteiger partial charge >= 0.3 is 0 Å². The maximum absolute atomic E-state index is 12.4. The highest BCUT2D eigenvalue weighted by Crippen LogP contribution is 2.34. The Morgan fingerprint density at radius 3 is 2.93 bits per heavy atom. The van der Waals surface area contributed by atoms with E-state index in [1.807, 2.05) is 36.9 Å². The van der Waals surface area contributed by atoms with Gasteiger partial charge in [-0.2, -0.15) is 16.7 Å². The summed E-state index contributed by atoms with van der Waals surface area (Å²) in [6.45, 7) is 4.01. The first-order valence-corrected chi connectivity index (χ1v) is 12.5.